The van der Waals surface area contributed by atoms with Crippen molar-refractivity contribution in [3.63, 3.8) is 0 Å². The first-order valence-electron chi connectivity index (χ1n) is 41.3. The summed E-state index contributed by atoms with van der Waals surface area (Å²) in [6, 6.07) is 36.7. The summed E-state index contributed by atoms with van der Waals surface area (Å²) >= 11 is 0. The molecule has 0 spiro atoms. The standard InChI is InChI=1S/C17H24N4O.C17H23N3O2.C16H22N4O.C16H21N3O.C12H11N3O2.C11H11N3O/c1-20-13-19-16-12-14(6-7-15(16)17(20)22)18-8-5-11-21-9-3-2-4-10-21;1-19-8-5-14-13-15(3-4-16(14)17(19)21)18-6-2-7-20-9-11-22-12-10-20;1-19-12-18-15-11-13(5-6-14(15)16(19)21)17-7-4-10-20-8-2-3-9-20;1-18-10-6-13-12-14(4-5-15(13)16(18)20)17-7-11-19-8-2-3-9-19;1-15-7-14-10-6-8(11-13-4-5-17-11)2-3-9(10)12(15)16;1-14-6-13-10-7-4-5-12-9(7)3-2-8(10)11(14)15/h6-7,12-13,18H,2-5,8-11H2,1H3;3-5,8,13,18H,2,6-7,9-12H2,1H3;5-6,11-12,17H,2-4,7-10H2,1H3;4-6,10,12,17H,2-3,7-9,11H2,1H3;2-3,6-7H,4-5H2,1H3;2-3,6,12H,4-5H2,1H3. The number of benzene rings is 6. The minimum absolute atomic E-state index is 0.000540. The Kier molecular flexibility index (Phi) is 29.2. The number of morpholine rings is 1. The van der Waals surface area contributed by atoms with Crippen molar-refractivity contribution in [1.82, 2.24) is 66.9 Å². The number of nitrogens with zero attached hydrogens (tertiary/aromatic N) is 15. The number of ether oxygens (including phenoxy) is 2. The van der Waals surface area contributed by atoms with Crippen molar-refractivity contribution >= 4 is 99.5 Å². The molecule has 0 bridgehead atoms. The van der Waals surface area contributed by atoms with Crippen LogP contribution < -0.4 is 59.9 Å². The predicted molar refractivity (Wildman–Crippen MR) is 473 cm³/mol. The number of fused-ring (bicyclic) bond motifs is 8. The summed E-state index contributed by atoms with van der Waals surface area (Å²) in [4.78, 5) is 103. The Labute approximate surface area is 680 Å². The first-order chi connectivity index (χ1) is 57.0. The molecule has 117 heavy (non-hydrogen) atoms. The monoisotopic (exact) mass is 1590 g/mol. The number of piperidine rings is 1. The van der Waals surface area contributed by atoms with Crippen molar-refractivity contribution in [3.05, 3.63) is 226 Å². The maximum atomic E-state index is 12.0. The van der Waals surface area contributed by atoms with Crippen LogP contribution in [0.2, 0.25) is 0 Å². The molecule has 616 valence electrons. The molecule has 0 atom stereocenters. The third kappa shape index (κ3) is 22.2. The van der Waals surface area contributed by atoms with Crippen LogP contribution in [0.3, 0.4) is 0 Å². The zero-order valence-corrected chi connectivity index (χ0v) is 68.5. The van der Waals surface area contributed by atoms with Gasteiger partial charge >= 0.3 is 0 Å². The summed E-state index contributed by atoms with van der Waals surface area (Å²) < 4.78 is 19.9. The van der Waals surface area contributed by atoms with Crippen LogP contribution in [0.1, 0.15) is 75.3 Å². The Morgan fingerprint density at radius 2 is 0.769 bits per heavy atom. The lowest BCUT2D eigenvalue weighted by Gasteiger charge is -2.26. The van der Waals surface area contributed by atoms with Crippen LogP contribution in [-0.2, 0) is 58.2 Å². The van der Waals surface area contributed by atoms with Crippen molar-refractivity contribution in [3.8, 4) is 0 Å². The second-order valence-electron chi connectivity index (χ2n) is 30.8. The highest BCUT2D eigenvalue weighted by Crippen LogP contribution is 2.28. The molecule has 5 N–H and O–H groups in total. The molecule has 6 aliphatic heterocycles. The molecule has 0 amide bonds. The summed E-state index contributed by atoms with van der Waals surface area (Å²) in [7, 11) is 10.4. The van der Waals surface area contributed by atoms with Gasteiger partial charge in [-0.05, 0) is 249 Å². The molecule has 0 unspecified atom stereocenters. The van der Waals surface area contributed by atoms with Gasteiger partial charge in [-0.2, -0.15) is 0 Å². The van der Waals surface area contributed by atoms with Gasteiger partial charge in [-0.25, -0.2) is 24.9 Å². The molecule has 4 fully saturated rings. The molecule has 18 rings (SSSR count). The molecule has 0 saturated carbocycles. The van der Waals surface area contributed by atoms with E-state index in [2.05, 4.69) is 77.2 Å². The van der Waals surface area contributed by atoms with E-state index in [0.29, 0.717) is 46.1 Å². The van der Waals surface area contributed by atoms with Crippen LogP contribution in [0.5, 0.6) is 0 Å². The first-order valence-corrected chi connectivity index (χ1v) is 41.3. The molecule has 6 aromatic heterocycles. The van der Waals surface area contributed by atoms with E-state index in [1.165, 1.54) is 127 Å². The molecular formula is C89H112N20O8. The molecule has 6 aromatic carbocycles. The largest absolute Gasteiger partial charge is 0.476 e. The Hall–Kier alpha value is -11.4. The van der Waals surface area contributed by atoms with Gasteiger partial charge in [0.1, 0.15) is 6.61 Å². The highest BCUT2D eigenvalue weighted by Gasteiger charge is 2.19. The van der Waals surface area contributed by atoms with Crippen molar-refractivity contribution in [1.29, 1.82) is 0 Å². The number of aromatic nitrogens is 10. The van der Waals surface area contributed by atoms with Crippen molar-refractivity contribution in [2.24, 2.45) is 47.3 Å². The van der Waals surface area contributed by atoms with E-state index < -0.39 is 0 Å². The van der Waals surface area contributed by atoms with Gasteiger partial charge in [0.15, 0.2) is 0 Å². The lowest BCUT2D eigenvalue weighted by molar-refractivity contribution is 0.0378. The Morgan fingerprint density at radius 1 is 0.376 bits per heavy atom. The molecule has 28 heteroatoms. The van der Waals surface area contributed by atoms with E-state index in [0.717, 1.165) is 170 Å². The normalized spacial score (nSPS) is 15.5. The SMILES string of the molecule is Cn1ccc2cc(NCCCN3CCOCC3)ccc2c1=O.Cn1ccc2cc(NCCN3CCCC3)ccc2c1=O.Cn1cnc2c3c(ccc2c1=O)NCC3.Cn1cnc2cc(C3=NCCO3)ccc2c1=O.Cn1cnc2cc(NCCCN3CCCC3)ccc2c1=O.Cn1cnc2cc(NCCCN3CCCCC3)ccc2c1=O. The number of aryl methyl sites for hydroxylation is 6. The van der Waals surface area contributed by atoms with E-state index in [4.69, 9.17) is 9.47 Å². The molecule has 28 nitrogen and oxygen atoms in total. The number of pyridine rings is 2. The number of nitrogens with one attached hydrogen (secondary N) is 5. The van der Waals surface area contributed by atoms with Gasteiger partial charge in [-0.15, -0.1) is 0 Å². The zero-order valence-electron chi connectivity index (χ0n) is 68.5. The zero-order chi connectivity index (χ0) is 81.6. The smallest absolute Gasteiger partial charge is 0.260 e. The van der Waals surface area contributed by atoms with Gasteiger partial charge < -0.3 is 78.2 Å². The van der Waals surface area contributed by atoms with Crippen LogP contribution in [0.25, 0.3) is 65.2 Å². The highest BCUT2D eigenvalue weighted by molar-refractivity contribution is 5.98. The summed E-state index contributed by atoms with van der Waals surface area (Å²) in [5.41, 5.74) is 10.5. The minimum atomic E-state index is -0.0455. The fraction of sp³-hybridized carbons (Fsp3) is 0.427. The maximum Gasteiger partial charge on any atom is 0.260 e. The molecule has 0 radical (unpaired) electrons. The number of hydrogen-bond acceptors (Lipinski definition) is 22. The van der Waals surface area contributed by atoms with E-state index >= 15 is 0 Å². The van der Waals surface area contributed by atoms with Gasteiger partial charge in [0.2, 0.25) is 5.90 Å². The van der Waals surface area contributed by atoms with Gasteiger partial charge in [0, 0.05) is 157 Å². The Morgan fingerprint density at radius 3 is 1.25 bits per heavy atom. The van der Waals surface area contributed by atoms with E-state index in [1.54, 1.807) is 76.5 Å². The minimum Gasteiger partial charge on any atom is -0.476 e. The quantitative estimate of drug-likeness (QED) is 0.0444. The van der Waals surface area contributed by atoms with E-state index in [1.807, 2.05) is 116 Å². The summed E-state index contributed by atoms with van der Waals surface area (Å²) in [5, 5.41) is 23.2. The van der Waals surface area contributed by atoms with Gasteiger partial charge in [0.05, 0.1) is 88.7 Å². The summed E-state index contributed by atoms with van der Waals surface area (Å²) in [6.45, 7) is 21.8. The van der Waals surface area contributed by atoms with Gasteiger partial charge in [-0.1, -0.05) is 6.42 Å². The van der Waals surface area contributed by atoms with Crippen LogP contribution in [0.15, 0.2) is 187 Å². The molecule has 12 aromatic rings. The van der Waals surface area contributed by atoms with Crippen LogP contribution in [-0.4, -0.2) is 210 Å². The first kappa shape index (κ1) is 83.5. The molecule has 0 aliphatic carbocycles. The lowest BCUT2D eigenvalue weighted by atomic mass is 10.1. The second-order valence-corrected chi connectivity index (χ2v) is 30.8. The third-order valence-electron chi connectivity index (χ3n) is 22.3. The van der Waals surface area contributed by atoms with Crippen LogP contribution in [0, 0.1) is 0 Å². The van der Waals surface area contributed by atoms with Gasteiger partial charge in [0.25, 0.3) is 33.4 Å². The third-order valence-corrected chi connectivity index (χ3v) is 22.3. The average Bonchev–Trinajstić information content (AvgIpc) is 1.67. The fourth-order valence-electron chi connectivity index (χ4n) is 15.5. The van der Waals surface area contributed by atoms with Crippen LogP contribution in [0.4, 0.5) is 28.4 Å². The molecule has 12 heterocycles. The molecule has 4 saturated heterocycles. The molecule has 6 aliphatic rings. The number of aliphatic imine (C=N–C) groups is 1. The lowest BCUT2D eigenvalue weighted by Crippen LogP contribution is -2.37. The summed E-state index contributed by atoms with van der Waals surface area (Å²) in [5.74, 6) is 0.634. The van der Waals surface area contributed by atoms with E-state index in [9.17, 15) is 28.8 Å². The number of rotatable bonds is 20. The van der Waals surface area contributed by atoms with Crippen molar-refractivity contribution in [2.45, 2.75) is 70.6 Å². The maximum absolute atomic E-state index is 12.0. The Bertz CT molecular complexity index is 5690. The van der Waals surface area contributed by atoms with Crippen molar-refractivity contribution < 1.29 is 9.47 Å². The second kappa shape index (κ2) is 40.9. The average molecular weight is 1590 g/mol. The topological polar surface area (TPSA) is 287 Å². The predicted octanol–water partition coefficient (Wildman–Crippen LogP) is 9.38. The highest BCUT2D eigenvalue weighted by atomic mass is 16.5. The van der Waals surface area contributed by atoms with E-state index in [-0.39, 0.29) is 33.4 Å². The number of likely N-dealkylation sites (tertiary alicyclic amines) is 3. The van der Waals surface area contributed by atoms with Crippen LogP contribution >= 0.6 is 0 Å². The number of hydrogen-bond donors (Lipinski definition) is 5. The summed E-state index contributed by atoms with van der Waals surface area (Å²) in [6.07, 6.45) is 23.7. The van der Waals surface area contributed by atoms with Gasteiger partial charge in [-0.3, -0.25) is 33.7 Å². The number of anilines is 5. The molecular weight excluding hydrogens is 1480 g/mol. The fourth-order valence-corrected chi connectivity index (χ4v) is 15.5. The van der Waals surface area contributed by atoms with Crippen molar-refractivity contribution in [2.75, 3.05) is 164 Å². The Balaban J connectivity index is 0.000000122.